The van der Waals surface area contributed by atoms with Crippen molar-refractivity contribution in [2.24, 2.45) is 0 Å². The number of pyridine rings is 1. The molecule has 0 aromatic carbocycles. The molecule has 2 rings (SSSR count). The Hall–Kier alpha value is -1.86. The van der Waals surface area contributed by atoms with Gasteiger partial charge in [0.25, 0.3) is 5.91 Å². The average molecular weight is 324 g/mol. The van der Waals surface area contributed by atoms with Gasteiger partial charge < -0.3 is 24.5 Å². The van der Waals surface area contributed by atoms with Gasteiger partial charge in [0.05, 0.1) is 26.4 Å². The average Bonchev–Trinajstić information content (AvgIpc) is 2.49. The highest BCUT2D eigenvalue weighted by molar-refractivity contribution is 5.95. The molecule has 1 aromatic rings. The predicted molar refractivity (Wildman–Crippen MR) is 85.0 cm³/mol. The van der Waals surface area contributed by atoms with Crippen molar-refractivity contribution in [2.75, 3.05) is 33.0 Å². The van der Waals surface area contributed by atoms with E-state index in [9.17, 15) is 14.7 Å². The van der Waals surface area contributed by atoms with Crippen LogP contribution in [0.25, 0.3) is 0 Å². The van der Waals surface area contributed by atoms with Crippen LogP contribution in [0, 0.1) is 0 Å². The van der Waals surface area contributed by atoms with Crippen LogP contribution >= 0.6 is 0 Å². The molecule has 0 atom stereocenters. The van der Waals surface area contributed by atoms with Crippen LogP contribution in [0.4, 0.5) is 0 Å². The summed E-state index contributed by atoms with van der Waals surface area (Å²) in [5.41, 5.74) is -0.920. The molecule has 0 bridgehead atoms. The Bertz CT molecular complexity index is 601. The van der Waals surface area contributed by atoms with Gasteiger partial charge in [0.1, 0.15) is 5.54 Å². The number of amides is 1. The first-order valence-electron chi connectivity index (χ1n) is 7.95. The van der Waals surface area contributed by atoms with Crippen molar-refractivity contribution in [1.29, 1.82) is 0 Å². The van der Waals surface area contributed by atoms with E-state index < -0.39 is 11.4 Å². The minimum atomic E-state index is -0.725. The molecule has 1 saturated heterocycles. The molecule has 2 N–H and O–H groups in total. The maximum atomic E-state index is 12.5. The fourth-order valence-corrected chi connectivity index (χ4v) is 2.47. The van der Waals surface area contributed by atoms with Gasteiger partial charge in [0, 0.05) is 18.8 Å². The predicted octanol–water partition coefficient (Wildman–Crippen LogP) is 0.495. The van der Waals surface area contributed by atoms with Crippen LogP contribution in [0.3, 0.4) is 0 Å². The molecule has 0 aliphatic carbocycles. The second-order valence-corrected chi connectivity index (χ2v) is 5.66. The van der Waals surface area contributed by atoms with Gasteiger partial charge in [-0.15, -0.1) is 0 Å². The Morgan fingerprint density at radius 2 is 2.22 bits per heavy atom. The molecule has 0 unspecified atom stereocenters. The summed E-state index contributed by atoms with van der Waals surface area (Å²) >= 11 is 0. The van der Waals surface area contributed by atoms with Gasteiger partial charge in [-0.3, -0.25) is 9.59 Å². The molecule has 0 spiro atoms. The molecule has 0 radical (unpaired) electrons. The molecular formula is C16H24N2O5. The summed E-state index contributed by atoms with van der Waals surface area (Å²) < 4.78 is 12.4. The van der Waals surface area contributed by atoms with E-state index in [1.54, 1.807) is 11.5 Å². The van der Waals surface area contributed by atoms with Gasteiger partial charge in [-0.1, -0.05) is 13.3 Å². The van der Waals surface area contributed by atoms with Crippen LogP contribution in [0.1, 0.15) is 37.2 Å². The van der Waals surface area contributed by atoms with Crippen LogP contribution in [0.5, 0.6) is 5.75 Å². The number of aliphatic hydroxyl groups excluding tert-OH is 1. The summed E-state index contributed by atoms with van der Waals surface area (Å²) in [5.74, 6) is -0.358. The van der Waals surface area contributed by atoms with Gasteiger partial charge >= 0.3 is 0 Å². The molecule has 2 heterocycles. The molecule has 23 heavy (non-hydrogen) atoms. The zero-order valence-corrected chi connectivity index (χ0v) is 13.6. The lowest BCUT2D eigenvalue weighted by molar-refractivity contribution is -0.125. The van der Waals surface area contributed by atoms with Crippen molar-refractivity contribution in [3.8, 4) is 5.75 Å². The topological polar surface area (TPSA) is 89.8 Å². The molecule has 0 saturated carbocycles. The Morgan fingerprint density at radius 1 is 1.48 bits per heavy atom. The van der Waals surface area contributed by atoms with Gasteiger partial charge in [-0.2, -0.15) is 0 Å². The highest BCUT2D eigenvalue weighted by Crippen LogP contribution is 2.29. The van der Waals surface area contributed by atoms with Crippen LogP contribution in [-0.4, -0.2) is 48.6 Å². The summed E-state index contributed by atoms with van der Waals surface area (Å²) in [7, 11) is 0. The quantitative estimate of drug-likeness (QED) is 0.680. The molecular weight excluding hydrogens is 300 g/mol. The van der Waals surface area contributed by atoms with E-state index in [4.69, 9.17) is 9.47 Å². The van der Waals surface area contributed by atoms with E-state index in [0.717, 1.165) is 12.8 Å². The number of ether oxygens (including phenoxy) is 2. The Balaban J connectivity index is 2.51. The second-order valence-electron chi connectivity index (χ2n) is 5.66. The van der Waals surface area contributed by atoms with Crippen molar-refractivity contribution in [3.63, 3.8) is 0 Å². The standard InChI is InChI=1S/C16H24N2O5/c1-3-5-8-23-14-12(20)6-7-18(13(14)15(21)17-4-2)16(9-19)10-22-11-16/h6-7,19H,3-5,8-11H2,1-2H3,(H,17,21). The van der Waals surface area contributed by atoms with Crippen LogP contribution in [0.15, 0.2) is 17.1 Å². The maximum Gasteiger partial charge on any atom is 0.271 e. The van der Waals surface area contributed by atoms with Crippen molar-refractivity contribution < 1.29 is 19.4 Å². The molecule has 7 heteroatoms. The van der Waals surface area contributed by atoms with Crippen molar-refractivity contribution in [1.82, 2.24) is 9.88 Å². The summed E-state index contributed by atoms with van der Waals surface area (Å²) in [6.07, 6.45) is 3.24. The first-order valence-corrected chi connectivity index (χ1v) is 7.95. The number of rotatable bonds is 8. The Labute approximate surface area is 135 Å². The smallest absolute Gasteiger partial charge is 0.271 e. The lowest BCUT2D eigenvalue weighted by Crippen LogP contribution is -2.56. The number of unbranched alkanes of at least 4 members (excludes halogenated alkanes) is 1. The highest BCUT2D eigenvalue weighted by atomic mass is 16.5. The fourth-order valence-electron chi connectivity index (χ4n) is 2.47. The number of aliphatic hydroxyl groups is 1. The zero-order valence-electron chi connectivity index (χ0n) is 13.6. The number of carbonyl (C=O) groups is 1. The normalized spacial score (nSPS) is 15.8. The number of hydrogen-bond donors (Lipinski definition) is 2. The van der Waals surface area contributed by atoms with Crippen molar-refractivity contribution in [2.45, 2.75) is 32.2 Å². The monoisotopic (exact) mass is 324 g/mol. The van der Waals surface area contributed by atoms with Gasteiger partial charge in [-0.25, -0.2) is 0 Å². The van der Waals surface area contributed by atoms with Gasteiger partial charge in [0.2, 0.25) is 5.43 Å². The van der Waals surface area contributed by atoms with Gasteiger partial charge in [0.15, 0.2) is 11.4 Å². The molecule has 1 amide bonds. The van der Waals surface area contributed by atoms with E-state index in [-0.39, 0.29) is 36.7 Å². The van der Waals surface area contributed by atoms with Gasteiger partial charge in [-0.05, 0) is 13.3 Å². The van der Waals surface area contributed by atoms with E-state index in [1.165, 1.54) is 12.3 Å². The lowest BCUT2D eigenvalue weighted by atomic mass is 9.97. The summed E-state index contributed by atoms with van der Waals surface area (Å²) in [5, 5.41) is 12.5. The van der Waals surface area contributed by atoms with E-state index >= 15 is 0 Å². The minimum absolute atomic E-state index is 0.0339. The molecule has 1 fully saturated rings. The number of carbonyl (C=O) groups excluding carboxylic acids is 1. The molecule has 1 aromatic heterocycles. The molecule has 7 nitrogen and oxygen atoms in total. The minimum Gasteiger partial charge on any atom is -0.487 e. The van der Waals surface area contributed by atoms with Crippen LogP contribution in [-0.2, 0) is 10.3 Å². The number of hydrogen-bond acceptors (Lipinski definition) is 5. The van der Waals surface area contributed by atoms with Crippen molar-refractivity contribution >= 4 is 5.91 Å². The summed E-state index contributed by atoms with van der Waals surface area (Å²) in [4.78, 5) is 24.7. The molecule has 128 valence electrons. The SMILES string of the molecule is CCCCOc1c(C(=O)NCC)n(C2(CO)COC2)ccc1=O. The molecule has 1 aliphatic rings. The third-order valence-electron chi connectivity index (χ3n) is 3.90. The number of aromatic nitrogens is 1. The first kappa shape index (κ1) is 17.5. The summed E-state index contributed by atoms with van der Waals surface area (Å²) in [6, 6.07) is 1.36. The third-order valence-corrected chi connectivity index (χ3v) is 3.90. The Kier molecular flexibility index (Phi) is 5.79. The molecule has 1 aliphatic heterocycles. The first-order chi connectivity index (χ1) is 11.1. The highest BCUT2D eigenvalue weighted by Gasteiger charge is 2.42. The largest absolute Gasteiger partial charge is 0.487 e. The number of nitrogens with one attached hydrogen (secondary N) is 1. The maximum absolute atomic E-state index is 12.5. The lowest BCUT2D eigenvalue weighted by Gasteiger charge is -2.43. The second kappa shape index (κ2) is 7.61. The van der Waals surface area contributed by atoms with E-state index in [2.05, 4.69) is 5.32 Å². The Morgan fingerprint density at radius 3 is 2.74 bits per heavy atom. The number of nitrogens with zero attached hydrogens (tertiary/aromatic N) is 1. The van der Waals surface area contributed by atoms with Crippen LogP contribution < -0.4 is 15.5 Å². The van der Waals surface area contributed by atoms with E-state index in [0.29, 0.717) is 13.2 Å². The van der Waals surface area contributed by atoms with Crippen molar-refractivity contribution in [3.05, 3.63) is 28.2 Å². The van der Waals surface area contributed by atoms with Crippen LogP contribution in [0.2, 0.25) is 0 Å². The zero-order chi connectivity index (χ0) is 16.9. The van der Waals surface area contributed by atoms with E-state index in [1.807, 2.05) is 6.92 Å². The fraction of sp³-hybridized carbons (Fsp3) is 0.625. The summed E-state index contributed by atoms with van der Waals surface area (Å²) in [6.45, 7) is 5.00. The third kappa shape index (κ3) is 3.40.